The van der Waals surface area contributed by atoms with Gasteiger partial charge in [0.05, 0.1) is 44.9 Å². The summed E-state index contributed by atoms with van der Waals surface area (Å²) >= 11 is 0. The van der Waals surface area contributed by atoms with Crippen LogP contribution in [0.2, 0.25) is 0 Å². The predicted octanol–water partition coefficient (Wildman–Crippen LogP) is 6.67. The highest BCUT2D eigenvalue weighted by Gasteiger charge is 2.24. The van der Waals surface area contributed by atoms with Crippen molar-refractivity contribution in [1.82, 2.24) is 0 Å². The summed E-state index contributed by atoms with van der Waals surface area (Å²) in [5, 5.41) is 5.78. The first-order valence-corrected chi connectivity index (χ1v) is 12.1. The van der Waals surface area contributed by atoms with Crippen molar-refractivity contribution < 1.29 is 28.6 Å². The Morgan fingerprint density at radius 2 is 1.32 bits per heavy atom. The SMILES string of the molecule is CCCCCCC(=NOC(=O)CCCCC)c1cc(OC)c2c(OC)ccc(OC)c2c1OC. The number of rotatable bonds is 15. The maximum atomic E-state index is 12.3. The molecule has 0 amide bonds. The topological polar surface area (TPSA) is 75.6 Å². The summed E-state index contributed by atoms with van der Waals surface area (Å²) in [7, 11) is 6.43. The molecule has 0 saturated heterocycles. The van der Waals surface area contributed by atoms with E-state index < -0.39 is 0 Å². The number of hydrogen-bond donors (Lipinski definition) is 0. The molecule has 0 atom stereocenters. The average molecular weight is 474 g/mol. The highest BCUT2D eigenvalue weighted by molar-refractivity contribution is 6.12. The Morgan fingerprint density at radius 3 is 1.91 bits per heavy atom. The Hall–Kier alpha value is -2.96. The number of oxime groups is 1. The lowest BCUT2D eigenvalue weighted by Crippen LogP contribution is -2.09. The van der Waals surface area contributed by atoms with Crippen LogP contribution in [0, 0.1) is 0 Å². The van der Waals surface area contributed by atoms with Crippen LogP contribution in [-0.2, 0) is 9.63 Å². The van der Waals surface area contributed by atoms with Crippen molar-refractivity contribution in [3.63, 3.8) is 0 Å². The number of ether oxygens (including phenoxy) is 4. The van der Waals surface area contributed by atoms with Crippen LogP contribution in [0.5, 0.6) is 23.0 Å². The minimum atomic E-state index is -0.328. The first kappa shape index (κ1) is 27.3. The van der Waals surface area contributed by atoms with E-state index in [1.165, 1.54) is 0 Å². The summed E-state index contributed by atoms with van der Waals surface area (Å²) < 4.78 is 22.9. The van der Waals surface area contributed by atoms with E-state index in [1.807, 2.05) is 18.2 Å². The molecule has 0 aliphatic heterocycles. The molecular formula is C27H39NO6. The van der Waals surface area contributed by atoms with Gasteiger partial charge in [0.1, 0.15) is 23.0 Å². The molecule has 0 bridgehead atoms. The van der Waals surface area contributed by atoms with Crippen molar-refractivity contribution in [2.24, 2.45) is 5.16 Å². The van der Waals surface area contributed by atoms with Gasteiger partial charge in [0.2, 0.25) is 0 Å². The Labute approximate surface area is 203 Å². The van der Waals surface area contributed by atoms with E-state index in [2.05, 4.69) is 19.0 Å². The van der Waals surface area contributed by atoms with E-state index in [1.54, 1.807) is 28.4 Å². The van der Waals surface area contributed by atoms with Crippen molar-refractivity contribution in [3.05, 3.63) is 23.8 Å². The fraction of sp³-hybridized carbons (Fsp3) is 0.556. The van der Waals surface area contributed by atoms with Gasteiger partial charge in [-0.1, -0.05) is 51.1 Å². The zero-order chi connectivity index (χ0) is 24.9. The van der Waals surface area contributed by atoms with E-state index in [0.717, 1.165) is 50.3 Å². The molecule has 2 aromatic rings. The molecule has 0 aliphatic carbocycles. The molecular weight excluding hydrogens is 434 g/mol. The average Bonchev–Trinajstić information content (AvgIpc) is 2.86. The predicted molar refractivity (Wildman–Crippen MR) is 136 cm³/mol. The lowest BCUT2D eigenvalue weighted by molar-refractivity contribution is -0.143. The number of nitrogens with zero attached hydrogens (tertiary/aromatic N) is 1. The van der Waals surface area contributed by atoms with E-state index in [4.69, 9.17) is 23.8 Å². The second-order valence-electron chi connectivity index (χ2n) is 8.15. The van der Waals surface area contributed by atoms with Crippen LogP contribution >= 0.6 is 0 Å². The summed E-state index contributed by atoms with van der Waals surface area (Å²) in [5.41, 5.74) is 1.35. The molecule has 7 heteroatoms. The highest BCUT2D eigenvalue weighted by atomic mass is 16.7. The van der Waals surface area contributed by atoms with Crippen molar-refractivity contribution in [1.29, 1.82) is 0 Å². The summed E-state index contributed by atoms with van der Waals surface area (Å²) in [6, 6.07) is 5.53. The molecule has 0 heterocycles. The third-order valence-electron chi connectivity index (χ3n) is 5.81. The maximum absolute atomic E-state index is 12.3. The summed E-state index contributed by atoms with van der Waals surface area (Å²) in [5.74, 6) is 2.10. The minimum Gasteiger partial charge on any atom is -0.496 e. The number of carbonyl (C=O) groups is 1. The third kappa shape index (κ3) is 6.78. The van der Waals surface area contributed by atoms with Crippen LogP contribution in [0.1, 0.15) is 77.2 Å². The smallest absolute Gasteiger partial charge is 0.335 e. The minimum absolute atomic E-state index is 0.328. The van der Waals surface area contributed by atoms with Gasteiger partial charge in [0.15, 0.2) is 0 Å². The van der Waals surface area contributed by atoms with Gasteiger partial charge in [-0.05, 0) is 37.5 Å². The van der Waals surface area contributed by atoms with Crippen molar-refractivity contribution >= 4 is 22.5 Å². The van der Waals surface area contributed by atoms with Crippen molar-refractivity contribution in [3.8, 4) is 23.0 Å². The van der Waals surface area contributed by atoms with Crippen molar-refractivity contribution in [2.45, 2.75) is 71.6 Å². The van der Waals surface area contributed by atoms with Crippen molar-refractivity contribution in [2.75, 3.05) is 28.4 Å². The molecule has 0 aliphatic rings. The molecule has 0 unspecified atom stereocenters. The number of benzene rings is 2. The number of hydrogen-bond acceptors (Lipinski definition) is 7. The second-order valence-corrected chi connectivity index (χ2v) is 8.15. The Morgan fingerprint density at radius 1 is 0.735 bits per heavy atom. The van der Waals surface area contributed by atoms with Gasteiger partial charge in [0, 0.05) is 12.0 Å². The van der Waals surface area contributed by atoms with Gasteiger partial charge in [-0.15, -0.1) is 0 Å². The molecule has 2 aromatic carbocycles. The van der Waals surface area contributed by atoms with Crippen LogP contribution in [0.25, 0.3) is 10.8 Å². The van der Waals surface area contributed by atoms with E-state index in [-0.39, 0.29) is 5.97 Å². The van der Waals surface area contributed by atoms with Gasteiger partial charge in [0.25, 0.3) is 0 Å². The van der Waals surface area contributed by atoms with Crippen LogP contribution in [0.15, 0.2) is 23.4 Å². The van der Waals surface area contributed by atoms with E-state index >= 15 is 0 Å². The zero-order valence-electron chi connectivity index (χ0n) is 21.5. The lowest BCUT2D eigenvalue weighted by atomic mass is 9.96. The number of unbranched alkanes of at least 4 members (excludes halogenated alkanes) is 5. The molecule has 0 spiro atoms. The fourth-order valence-corrected chi connectivity index (χ4v) is 3.99. The van der Waals surface area contributed by atoms with Gasteiger partial charge < -0.3 is 23.8 Å². The summed E-state index contributed by atoms with van der Waals surface area (Å²) in [6.45, 7) is 4.27. The molecule has 188 valence electrons. The van der Waals surface area contributed by atoms with Crippen LogP contribution in [0.3, 0.4) is 0 Å². The number of fused-ring (bicyclic) bond motifs is 1. The third-order valence-corrected chi connectivity index (χ3v) is 5.81. The second kappa shape index (κ2) is 14.3. The fourth-order valence-electron chi connectivity index (χ4n) is 3.99. The first-order valence-electron chi connectivity index (χ1n) is 12.1. The maximum Gasteiger partial charge on any atom is 0.335 e. The highest BCUT2D eigenvalue weighted by Crippen LogP contribution is 2.46. The Balaban J connectivity index is 2.62. The molecule has 7 nitrogen and oxygen atoms in total. The largest absolute Gasteiger partial charge is 0.496 e. The van der Waals surface area contributed by atoms with E-state index in [0.29, 0.717) is 52.5 Å². The Bertz CT molecular complexity index is 969. The number of methoxy groups -OCH3 is 4. The molecule has 34 heavy (non-hydrogen) atoms. The van der Waals surface area contributed by atoms with E-state index in [9.17, 15) is 4.79 Å². The van der Waals surface area contributed by atoms with Gasteiger partial charge in [-0.3, -0.25) is 0 Å². The lowest BCUT2D eigenvalue weighted by Gasteiger charge is -2.19. The standard InChI is InChI=1S/C27H39NO6/c1-7-9-11-13-14-20(28-34-24(29)15-12-10-8-2)19-18-23(32-5)25-21(30-3)16-17-22(31-4)26(25)27(19)33-6/h16-18H,7-15H2,1-6H3. The Kier molecular flexibility index (Phi) is 11.5. The van der Waals surface area contributed by atoms with Crippen LogP contribution < -0.4 is 18.9 Å². The van der Waals surface area contributed by atoms with Crippen LogP contribution in [0.4, 0.5) is 0 Å². The molecule has 0 aromatic heterocycles. The quantitative estimate of drug-likeness (QED) is 0.124. The van der Waals surface area contributed by atoms with Crippen LogP contribution in [-0.4, -0.2) is 40.1 Å². The van der Waals surface area contributed by atoms with Gasteiger partial charge in [-0.25, -0.2) is 4.79 Å². The molecule has 0 saturated carbocycles. The van der Waals surface area contributed by atoms with Gasteiger partial charge in [-0.2, -0.15) is 0 Å². The van der Waals surface area contributed by atoms with Gasteiger partial charge >= 0.3 is 5.97 Å². The number of carbonyl (C=O) groups excluding carboxylic acids is 1. The monoisotopic (exact) mass is 473 g/mol. The molecule has 0 N–H and O–H groups in total. The summed E-state index contributed by atoms with van der Waals surface area (Å²) in [6.07, 6.45) is 8.04. The molecule has 0 radical (unpaired) electrons. The first-order chi connectivity index (χ1) is 16.6. The zero-order valence-corrected chi connectivity index (χ0v) is 21.5. The molecule has 0 fully saturated rings. The summed E-state index contributed by atoms with van der Waals surface area (Å²) in [4.78, 5) is 17.6. The molecule has 2 rings (SSSR count). The normalized spacial score (nSPS) is 11.4.